The molecule has 0 aromatic heterocycles. The van der Waals surface area contributed by atoms with E-state index in [1.54, 1.807) is 7.11 Å². The molecule has 130 valence electrons. The van der Waals surface area contributed by atoms with Crippen LogP contribution in [0.5, 0.6) is 11.5 Å². The number of rotatable bonds is 6. The van der Waals surface area contributed by atoms with Crippen molar-refractivity contribution in [2.75, 3.05) is 33.4 Å². The van der Waals surface area contributed by atoms with Gasteiger partial charge in [-0.1, -0.05) is 42.5 Å². The van der Waals surface area contributed by atoms with Gasteiger partial charge in [-0.05, 0) is 17.7 Å². The predicted octanol–water partition coefficient (Wildman–Crippen LogP) is 2.92. The third-order valence-electron chi connectivity index (χ3n) is 4.40. The largest absolute Gasteiger partial charge is 0.493 e. The van der Waals surface area contributed by atoms with Crippen LogP contribution in [-0.4, -0.2) is 44.3 Å². The number of hydrogen-bond acceptors (Lipinski definition) is 4. The minimum absolute atomic E-state index is 0. The average molecular weight is 349 g/mol. The van der Waals surface area contributed by atoms with Gasteiger partial charge in [0.25, 0.3) is 0 Å². The molecule has 0 radical (unpaired) electrons. The van der Waals surface area contributed by atoms with Crippen molar-refractivity contribution in [3.63, 3.8) is 0 Å². The number of hydrogen-bond donors (Lipinski definition) is 1. The highest BCUT2D eigenvalue weighted by atomic mass is 35.5. The maximum absolute atomic E-state index is 6.33. The minimum atomic E-state index is 0. The second kappa shape index (κ2) is 8.92. The summed E-state index contributed by atoms with van der Waals surface area (Å²) in [6.07, 6.45) is 0. The second-order valence-corrected chi connectivity index (χ2v) is 5.94. The van der Waals surface area contributed by atoms with Crippen molar-refractivity contribution in [3.05, 3.63) is 60.2 Å². The number of ether oxygens (including phenoxy) is 2. The van der Waals surface area contributed by atoms with Gasteiger partial charge in [0.2, 0.25) is 0 Å². The number of methoxy groups -OCH3 is 1. The Hall–Kier alpha value is -1.75. The summed E-state index contributed by atoms with van der Waals surface area (Å²) >= 11 is 0. The lowest BCUT2D eigenvalue weighted by Gasteiger charge is -2.17. The van der Waals surface area contributed by atoms with Crippen LogP contribution in [0.4, 0.5) is 0 Å². The Morgan fingerprint density at radius 1 is 1.00 bits per heavy atom. The van der Waals surface area contributed by atoms with Crippen molar-refractivity contribution in [1.82, 2.24) is 4.90 Å². The SMILES string of the molecule is COc1ccccc1OCCN1C[C@@H](N)[C@H](c2ccccc2)C1.Cl. The van der Waals surface area contributed by atoms with E-state index < -0.39 is 0 Å². The van der Waals surface area contributed by atoms with E-state index >= 15 is 0 Å². The van der Waals surface area contributed by atoms with Crippen molar-refractivity contribution in [1.29, 1.82) is 0 Å². The van der Waals surface area contributed by atoms with Gasteiger partial charge in [0.05, 0.1) is 7.11 Å². The molecule has 0 spiro atoms. The normalized spacial score (nSPS) is 20.4. The molecule has 0 bridgehead atoms. The number of halogens is 1. The topological polar surface area (TPSA) is 47.7 Å². The zero-order chi connectivity index (χ0) is 16.1. The molecule has 2 atom stereocenters. The van der Waals surface area contributed by atoms with E-state index in [1.807, 2.05) is 30.3 Å². The fourth-order valence-electron chi connectivity index (χ4n) is 3.17. The summed E-state index contributed by atoms with van der Waals surface area (Å²) in [7, 11) is 1.66. The lowest BCUT2D eigenvalue weighted by atomic mass is 9.95. The number of likely N-dealkylation sites (tertiary alicyclic amines) is 1. The summed E-state index contributed by atoms with van der Waals surface area (Å²) < 4.78 is 11.2. The number of nitrogens with zero attached hydrogens (tertiary/aromatic N) is 1. The molecule has 1 aliphatic rings. The highest BCUT2D eigenvalue weighted by Crippen LogP contribution is 2.27. The Bertz CT molecular complexity index is 624. The van der Waals surface area contributed by atoms with Crippen molar-refractivity contribution >= 4 is 12.4 Å². The van der Waals surface area contributed by atoms with Crippen LogP contribution in [0.1, 0.15) is 11.5 Å². The Labute approximate surface area is 150 Å². The maximum atomic E-state index is 6.33. The van der Waals surface area contributed by atoms with Crippen LogP contribution >= 0.6 is 12.4 Å². The summed E-state index contributed by atoms with van der Waals surface area (Å²) in [5, 5.41) is 0. The summed E-state index contributed by atoms with van der Waals surface area (Å²) in [4.78, 5) is 2.37. The van der Waals surface area contributed by atoms with Crippen LogP contribution in [0.15, 0.2) is 54.6 Å². The van der Waals surface area contributed by atoms with Gasteiger partial charge >= 0.3 is 0 Å². The standard InChI is InChI=1S/C19H24N2O2.ClH/c1-22-18-9-5-6-10-19(18)23-12-11-21-13-16(17(20)14-21)15-7-3-2-4-8-15;/h2-10,16-17H,11-14,20H2,1H3;1H/t16-,17+;/m0./s1. The fourth-order valence-corrected chi connectivity index (χ4v) is 3.17. The smallest absolute Gasteiger partial charge is 0.161 e. The van der Waals surface area contributed by atoms with Crippen LogP contribution in [0.3, 0.4) is 0 Å². The zero-order valence-corrected chi connectivity index (χ0v) is 14.7. The summed E-state index contributed by atoms with van der Waals surface area (Å²) in [6, 6.07) is 18.5. The van der Waals surface area contributed by atoms with E-state index in [0.717, 1.165) is 31.1 Å². The maximum Gasteiger partial charge on any atom is 0.161 e. The van der Waals surface area contributed by atoms with Crippen molar-refractivity contribution in [2.45, 2.75) is 12.0 Å². The number of benzene rings is 2. The lowest BCUT2D eigenvalue weighted by Crippen LogP contribution is -2.30. The molecule has 2 aromatic carbocycles. The van der Waals surface area contributed by atoms with Gasteiger partial charge in [-0.2, -0.15) is 0 Å². The van der Waals surface area contributed by atoms with Gasteiger partial charge in [-0.3, -0.25) is 4.90 Å². The summed E-state index contributed by atoms with van der Waals surface area (Å²) in [6.45, 7) is 3.40. The third-order valence-corrected chi connectivity index (χ3v) is 4.40. The average Bonchev–Trinajstić information content (AvgIpc) is 2.97. The quantitative estimate of drug-likeness (QED) is 0.872. The summed E-state index contributed by atoms with van der Waals surface area (Å²) in [5.41, 5.74) is 7.65. The van der Waals surface area contributed by atoms with Crippen LogP contribution < -0.4 is 15.2 Å². The molecule has 4 nitrogen and oxygen atoms in total. The Morgan fingerprint density at radius 3 is 2.38 bits per heavy atom. The molecule has 1 heterocycles. The van der Waals surface area contributed by atoms with Gasteiger partial charge in [0, 0.05) is 31.6 Å². The molecular weight excluding hydrogens is 324 g/mol. The Kier molecular flexibility index (Phi) is 6.91. The molecule has 0 unspecified atom stereocenters. The first-order chi connectivity index (χ1) is 11.3. The van der Waals surface area contributed by atoms with E-state index in [2.05, 4.69) is 29.2 Å². The molecule has 0 aliphatic carbocycles. The van der Waals surface area contributed by atoms with Crippen LogP contribution in [-0.2, 0) is 0 Å². The predicted molar refractivity (Wildman–Crippen MR) is 99.3 cm³/mol. The van der Waals surface area contributed by atoms with Crippen molar-refractivity contribution < 1.29 is 9.47 Å². The molecule has 24 heavy (non-hydrogen) atoms. The number of nitrogens with two attached hydrogens (primary N) is 1. The minimum Gasteiger partial charge on any atom is -0.493 e. The summed E-state index contributed by atoms with van der Waals surface area (Å²) in [5.74, 6) is 1.97. The molecule has 2 N–H and O–H groups in total. The molecule has 0 saturated carbocycles. The van der Waals surface area contributed by atoms with Crippen LogP contribution in [0.2, 0.25) is 0 Å². The van der Waals surface area contributed by atoms with Gasteiger partial charge in [-0.25, -0.2) is 0 Å². The molecule has 1 fully saturated rings. The van der Waals surface area contributed by atoms with E-state index in [9.17, 15) is 0 Å². The highest BCUT2D eigenvalue weighted by molar-refractivity contribution is 5.85. The molecule has 2 aromatic rings. The van der Waals surface area contributed by atoms with E-state index in [1.165, 1.54) is 5.56 Å². The van der Waals surface area contributed by atoms with Gasteiger partial charge in [0.15, 0.2) is 11.5 Å². The van der Waals surface area contributed by atoms with Crippen molar-refractivity contribution in [3.8, 4) is 11.5 Å². The van der Waals surface area contributed by atoms with E-state index in [4.69, 9.17) is 15.2 Å². The van der Waals surface area contributed by atoms with Gasteiger partial charge < -0.3 is 15.2 Å². The highest BCUT2D eigenvalue weighted by Gasteiger charge is 2.30. The Morgan fingerprint density at radius 2 is 1.67 bits per heavy atom. The van der Waals surface area contributed by atoms with Crippen LogP contribution in [0, 0.1) is 0 Å². The first-order valence-electron chi connectivity index (χ1n) is 8.06. The monoisotopic (exact) mass is 348 g/mol. The first-order valence-corrected chi connectivity index (χ1v) is 8.06. The van der Waals surface area contributed by atoms with Gasteiger partial charge in [0.1, 0.15) is 6.61 Å². The molecule has 0 amide bonds. The molecule has 5 heteroatoms. The first kappa shape index (κ1) is 18.6. The lowest BCUT2D eigenvalue weighted by molar-refractivity contribution is 0.228. The zero-order valence-electron chi connectivity index (χ0n) is 13.9. The number of para-hydroxylation sites is 2. The third kappa shape index (κ3) is 4.41. The van der Waals surface area contributed by atoms with E-state index in [-0.39, 0.29) is 18.4 Å². The molecule has 3 rings (SSSR count). The van der Waals surface area contributed by atoms with Crippen molar-refractivity contribution in [2.24, 2.45) is 5.73 Å². The van der Waals surface area contributed by atoms with Crippen LogP contribution in [0.25, 0.3) is 0 Å². The molecular formula is C19H25ClN2O2. The van der Waals surface area contributed by atoms with E-state index in [0.29, 0.717) is 12.5 Å². The molecule has 1 saturated heterocycles. The second-order valence-electron chi connectivity index (χ2n) is 5.94. The fraction of sp³-hybridized carbons (Fsp3) is 0.368. The van der Waals surface area contributed by atoms with Gasteiger partial charge in [-0.15, -0.1) is 12.4 Å². The molecule has 1 aliphatic heterocycles. The Balaban J connectivity index is 0.00000208.